The van der Waals surface area contributed by atoms with E-state index in [1.165, 1.54) is 0 Å². The van der Waals surface area contributed by atoms with Crippen LogP contribution < -0.4 is 20.7 Å². The molecule has 3 N–H and O–H groups in total. The summed E-state index contributed by atoms with van der Waals surface area (Å²) in [6.45, 7) is 4.65. The van der Waals surface area contributed by atoms with Gasteiger partial charge in [0, 0.05) is 44.7 Å². The number of aryl methyl sites for hydroxylation is 1. The lowest BCUT2D eigenvalue weighted by atomic mass is 10.1. The Morgan fingerprint density at radius 2 is 1.90 bits per heavy atom. The zero-order chi connectivity index (χ0) is 21.3. The molecule has 2 aromatic carbocycles. The van der Waals surface area contributed by atoms with Crippen LogP contribution in [0.3, 0.4) is 0 Å². The van der Waals surface area contributed by atoms with Gasteiger partial charge in [0.25, 0.3) is 5.91 Å². The number of hydrogen-bond acceptors (Lipinski definition) is 4. The summed E-state index contributed by atoms with van der Waals surface area (Å²) in [4.78, 5) is 15.9. The molecule has 1 fully saturated rings. The quantitative estimate of drug-likeness (QED) is 0.287. The Balaban J connectivity index is 0.00000341. The number of guanidine groups is 1. The molecule has 1 atom stereocenters. The topological polar surface area (TPSA) is 84.0 Å². The second-order valence-electron chi connectivity index (χ2n) is 7.27. The maximum atomic E-state index is 11.6. The lowest BCUT2D eigenvalue weighted by Crippen LogP contribution is -2.36. The second kappa shape index (κ2) is 12.5. The number of nitrogens with one attached hydrogen (secondary N) is 3. The van der Waals surface area contributed by atoms with Gasteiger partial charge in [0.1, 0.15) is 11.9 Å². The van der Waals surface area contributed by atoms with Gasteiger partial charge in [-0.15, -0.1) is 24.0 Å². The van der Waals surface area contributed by atoms with E-state index in [-0.39, 0.29) is 36.0 Å². The average molecular weight is 538 g/mol. The van der Waals surface area contributed by atoms with Crippen LogP contribution in [-0.2, 0) is 17.8 Å². The number of nitrogens with zero attached hydrogens (tertiary/aromatic N) is 1. The third-order valence-electron chi connectivity index (χ3n) is 4.98. The number of hydrogen-bond donors (Lipinski definition) is 3. The molecule has 31 heavy (non-hydrogen) atoms. The van der Waals surface area contributed by atoms with Crippen molar-refractivity contribution in [2.45, 2.75) is 32.5 Å². The highest BCUT2D eigenvalue weighted by Crippen LogP contribution is 2.23. The van der Waals surface area contributed by atoms with Crippen molar-refractivity contribution in [3.05, 3.63) is 64.7 Å². The molecule has 0 saturated carbocycles. The third kappa shape index (κ3) is 7.39. The van der Waals surface area contributed by atoms with Crippen LogP contribution in [0.25, 0.3) is 0 Å². The fourth-order valence-electron chi connectivity index (χ4n) is 3.21. The van der Waals surface area contributed by atoms with Gasteiger partial charge < -0.3 is 25.4 Å². The molecule has 168 valence electrons. The van der Waals surface area contributed by atoms with E-state index in [0.717, 1.165) is 35.5 Å². The standard InChI is InChI=1S/C23H30N4O3.HI/c1-16-4-7-19(21(12-16)30-20-10-11-29-15-20)14-27-23(25-3)26-13-17-5-8-18(9-6-17)22(28)24-2;/h4-9,12,20H,10-11,13-15H2,1-3H3,(H,24,28)(H2,25,26,27);1H. The number of aliphatic imine (C=N–C) groups is 1. The minimum Gasteiger partial charge on any atom is -0.488 e. The smallest absolute Gasteiger partial charge is 0.251 e. The maximum Gasteiger partial charge on any atom is 0.251 e. The molecule has 1 saturated heterocycles. The van der Waals surface area contributed by atoms with Crippen LogP contribution in [0.1, 0.15) is 33.5 Å². The van der Waals surface area contributed by atoms with Crippen LogP contribution in [0.15, 0.2) is 47.5 Å². The number of halogens is 1. The Morgan fingerprint density at radius 1 is 1.16 bits per heavy atom. The van der Waals surface area contributed by atoms with Crippen molar-refractivity contribution in [1.29, 1.82) is 0 Å². The first-order valence-corrected chi connectivity index (χ1v) is 10.2. The molecular weight excluding hydrogens is 507 g/mol. The monoisotopic (exact) mass is 538 g/mol. The summed E-state index contributed by atoms with van der Waals surface area (Å²) < 4.78 is 11.6. The summed E-state index contributed by atoms with van der Waals surface area (Å²) in [5, 5.41) is 9.27. The van der Waals surface area contributed by atoms with E-state index in [4.69, 9.17) is 9.47 Å². The average Bonchev–Trinajstić information content (AvgIpc) is 3.28. The lowest BCUT2D eigenvalue weighted by Gasteiger charge is -2.18. The largest absolute Gasteiger partial charge is 0.488 e. The zero-order valence-corrected chi connectivity index (χ0v) is 20.6. The highest BCUT2D eigenvalue weighted by molar-refractivity contribution is 14.0. The molecule has 0 aliphatic carbocycles. The van der Waals surface area contributed by atoms with E-state index in [2.05, 4.69) is 46.1 Å². The third-order valence-corrected chi connectivity index (χ3v) is 4.98. The van der Waals surface area contributed by atoms with E-state index in [9.17, 15) is 4.79 Å². The molecule has 2 aromatic rings. The van der Waals surface area contributed by atoms with E-state index in [1.807, 2.05) is 24.3 Å². The van der Waals surface area contributed by atoms with Gasteiger partial charge in [-0.3, -0.25) is 9.79 Å². The van der Waals surface area contributed by atoms with Crippen molar-refractivity contribution in [2.24, 2.45) is 4.99 Å². The minimum atomic E-state index is -0.0905. The van der Waals surface area contributed by atoms with Crippen LogP contribution in [0.5, 0.6) is 5.75 Å². The fourth-order valence-corrected chi connectivity index (χ4v) is 3.21. The van der Waals surface area contributed by atoms with E-state index in [1.54, 1.807) is 14.1 Å². The summed E-state index contributed by atoms with van der Waals surface area (Å²) in [6.07, 6.45) is 1.03. The number of rotatable bonds is 7. The molecule has 1 amide bonds. The number of ether oxygens (including phenoxy) is 2. The Bertz CT molecular complexity index is 881. The molecule has 0 radical (unpaired) electrons. The Labute approximate surface area is 201 Å². The minimum absolute atomic E-state index is 0. The van der Waals surface area contributed by atoms with Crippen molar-refractivity contribution in [3.63, 3.8) is 0 Å². The highest BCUT2D eigenvalue weighted by Gasteiger charge is 2.18. The predicted molar refractivity (Wildman–Crippen MR) is 133 cm³/mol. The summed E-state index contributed by atoms with van der Waals surface area (Å²) >= 11 is 0. The maximum absolute atomic E-state index is 11.6. The van der Waals surface area contributed by atoms with E-state index >= 15 is 0 Å². The number of carbonyl (C=O) groups is 1. The van der Waals surface area contributed by atoms with Crippen LogP contribution in [0.2, 0.25) is 0 Å². The predicted octanol–water partition coefficient (Wildman–Crippen LogP) is 3.01. The van der Waals surface area contributed by atoms with Crippen molar-refractivity contribution in [3.8, 4) is 5.75 Å². The van der Waals surface area contributed by atoms with Crippen LogP contribution >= 0.6 is 24.0 Å². The summed E-state index contributed by atoms with van der Waals surface area (Å²) in [7, 11) is 3.37. The molecule has 8 heteroatoms. The fraction of sp³-hybridized carbons (Fsp3) is 0.391. The Hall–Kier alpha value is -2.33. The molecule has 1 unspecified atom stereocenters. The first kappa shape index (κ1) is 24.9. The zero-order valence-electron chi connectivity index (χ0n) is 18.2. The summed E-state index contributed by atoms with van der Waals surface area (Å²) in [6, 6.07) is 13.7. The molecule has 0 spiro atoms. The first-order chi connectivity index (χ1) is 14.6. The van der Waals surface area contributed by atoms with Crippen molar-refractivity contribution >= 4 is 35.8 Å². The first-order valence-electron chi connectivity index (χ1n) is 10.2. The van der Waals surface area contributed by atoms with E-state index < -0.39 is 0 Å². The van der Waals surface area contributed by atoms with Gasteiger partial charge >= 0.3 is 0 Å². The van der Waals surface area contributed by atoms with Gasteiger partial charge in [0.05, 0.1) is 13.2 Å². The molecule has 0 aromatic heterocycles. The number of amides is 1. The molecular formula is C23H31IN4O3. The number of benzene rings is 2. The van der Waals surface area contributed by atoms with Crippen molar-refractivity contribution in [2.75, 3.05) is 27.3 Å². The molecule has 1 heterocycles. The van der Waals surface area contributed by atoms with Gasteiger partial charge in [0.15, 0.2) is 5.96 Å². The van der Waals surface area contributed by atoms with Crippen LogP contribution in [0.4, 0.5) is 0 Å². The highest BCUT2D eigenvalue weighted by atomic mass is 127. The molecule has 3 rings (SSSR count). The van der Waals surface area contributed by atoms with E-state index in [0.29, 0.717) is 31.2 Å². The normalized spacial score (nSPS) is 15.7. The van der Waals surface area contributed by atoms with Gasteiger partial charge in [-0.2, -0.15) is 0 Å². The van der Waals surface area contributed by atoms with Crippen LogP contribution in [-0.4, -0.2) is 45.3 Å². The SMILES string of the molecule is CN=C(NCc1ccc(C(=O)NC)cc1)NCc1ccc(C)cc1OC1CCOC1.I. The molecule has 1 aliphatic heterocycles. The molecule has 1 aliphatic rings. The second-order valence-corrected chi connectivity index (χ2v) is 7.27. The molecule has 7 nitrogen and oxygen atoms in total. The van der Waals surface area contributed by atoms with Crippen molar-refractivity contribution in [1.82, 2.24) is 16.0 Å². The van der Waals surface area contributed by atoms with Gasteiger partial charge in [-0.05, 0) is 36.2 Å². The lowest BCUT2D eigenvalue weighted by molar-refractivity contribution is 0.0963. The Morgan fingerprint density at radius 3 is 2.55 bits per heavy atom. The number of carbonyl (C=O) groups excluding carboxylic acids is 1. The van der Waals surface area contributed by atoms with Gasteiger partial charge in [0.2, 0.25) is 0 Å². The van der Waals surface area contributed by atoms with Crippen LogP contribution in [0, 0.1) is 6.92 Å². The molecule has 0 bridgehead atoms. The van der Waals surface area contributed by atoms with Gasteiger partial charge in [-0.1, -0.05) is 24.3 Å². The van der Waals surface area contributed by atoms with Crippen molar-refractivity contribution < 1.29 is 14.3 Å². The summed E-state index contributed by atoms with van der Waals surface area (Å²) in [5.74, 6) is 1.49. The Kier molecular flexibility index (Phi) is 10.1. The summed E-state index contributed by atoms with van der Waals surface area (Å²) in [5.41, 5.74) is 3.94. The van der Waals surface area contributed by atoms with Gasteiger partial charge in [-0.25, -0.2) is 0 Å².